The Balaban J connectivity index is 2.13. The summed E-state index contributed by atoms with van der Waals surface area (Å²) in [5.74, 6) is 1.44. The van der Waals surface area contributed by atoms with E-state index in [1.807, 2.05) is 19.1 Å². The third kappa shape index (κ3) is 3.25. The van der Waals surface area contributed by atoms with Crippen molar-refractivity contribution in [3.8, 4) is 11.5 Å². The summed E-state index contributed by atoms with van der Waals surface area (Å²) < 4.78 is 11.4. The molecular formula is C23H30N2O2. The van der Waals surface area contributed by atoms with Crippen LogP contribution in [-0.2, 0) is 10.8 Å². The van der Waals surface area contributed by atoms with Crippen LogP contribution in [0.4, 0.5) is 11.4 Å². The van der Waals surface area contributed by atoms with Gasteiger partial charge in [0.15, 0.2) is 0 Å². The van der Waals surface area contributed by atoms with E-state index in [1.165, 1.54) is 16.7 Å². The number of nitrogens with two attached hydrogens (primary N) is 2. The van der Waals surface area contributed by atoms with Crippen molar-refractivity contribution in [1.29, 1.82) is 0 Å². The van der Waals surface area contributed by atoms with Crippen LogP contribution in [0.5, 0.6) is 11.5 Å². The lowest BCUT2D eigenvalue weighted by molar-refractivity contribution is 0.341. The van der Waals surface area contributed by atoms with Gasteiger partial charge in [0.25, 0.3) is 0 Å². The van der Waals surface area contributed by atoms with Crippen molar-refractivity contribution in [2.45, 2.75) is 44.9 Å². The zero-order valence-electron chi connectivity index (χ0n) is 16.8. The van der Waals surface area contributed by atoms with Gasteiger partial charge in [-0.1, -0.05) is 39.5 Å². The van der Waals surface area contributed by atoms with Crippen LogP contribution in [0.25, 0.3) is 0 Å². The number of rotatable bonds is 6. The molecule has 0 spiro atoms. The third-order valence-corrected chi connectivity index (χ3v) is 5.57. The molecular weight excluding hydrogens is 336 g/mol. The van der Waals surface area contributed by atoms with Gasteiger partial charge in [-0.25, -0.2) is 0 Å². The summed E-state index contributed by atoms with van der Waals surface area (Å²) in [5.41, 5.74) is 17.4. The van der Waals surface area contributed by atoms with E-state index in [0.717, 1.165) is 12.2 Å². The first-order chi connectivity index (χ1) is 12.7. The van der Waals surface area contributed by atoms with Gasteiger partial charge in [-0.3, -0.25) is 0 Å². The number of nitrogen functional groups attached to an aromatic ring is 2. The van der Waals surface area contributed by atoms with Gasteiger partial charge in [0.05, 0.1) is 18.0 Å². The van der Waals surface area contributed by atoms with E-state index in [4.69, 9.17) is 20.9 Å². The van der Waals surface area contributed by atoms with Gasteiger partial charge in [0.1, 0.15) is 18.1 Å². The Morgan fingerprint density at radius 2 is 1.70 bits per heavy atom. The Hall–Kier alpha value is -2.62. The number of hydrogen-bond acceptors (Lipinski definition) is 4. The second-order valence-electron chi connectivity index (χ2n) is 8.11. The summed E-state index contributed by atoms with van der Waals surface area (Å²) in [6, 6.07) is 10.3. The minimum atomic E-state index is -0.183. The molecule has 2 aromatic rings. The van der Waals surface area contributed by atoms with Crippen molar-refractivity contribution >= 4 is 11.4 Å². The molecule has 0 bridgehead atoms. The normalized spacial score (nSPS) is 20.1. The lowest BCUT2D eigenvalue weighted by Crippen LogP contribution is -2.23. The number of ether oxygens (including phenoxy) is 2. The zero-order chi connectivity index (χ0) is 19.8. The van der Waals surface area contributed by atoms with Crippen molar-refractivity contribution in [2.24, 2.45) is 0 Å². The van der Waals surface area contributed by atoms with Crippen LogP contribution in [0.2, 0.25) is 0 Å². The van der Waals surface area contributed by atoms with Gasteiger partial charge >= 0.3 is 0 Å². The smallest absolute Gasteiger partial charge is 0.142 e. The number of hydrogen-bond donors (Lipinski definition) is 2. The van der Waals surface area contributed by atoms with Crippen molar-refractivity contribution in [2.75, 3.05) is 24.7 Å². The zero-order valence-corrected chi connectivity index (χ0v) is 16.8. The van der Waals surface area contributed by atoms with E-state index in [-0.39, 0.29) is 10.8 Å². The average Bonchev–Trinajstić information content (AvgIpc) is 2.81. The molecule has 0 saturated carbocycles. The molecule has 4 nitrogen and oxygen atoms in total. The van der Waals surface area contributed by atoms with Crippen LogP contribution < -0.4 is 20.9 Å². The highest BCUT2D eigenvalue weighted by Gasteiger charge is 2.46. The summed E-state index contributed by atoms with van der Waals surface area (Å²) in [6.45, 7) is 13.5. The maximum absolute atomic E-state index is 6.26. The summed E-state index contributed by atoms with van der Waals surface area (Å²) in [6.07, 6.45) is 2.69. The van der Waals surface area contributed by atoms with Crippen LogP contribution in [0.3, 0.4) is 0 Å². The molecule has 1 atom stereocenters. The first kappa shape index (κ1) is 19.2. The number of fused-ring (bicyclic) bond motifs is 1. The standard InChI is InChI=1S/C23H30N2O2/c1-6-10-27-21-13-17-16(12-19(21)25)22(3,4)14-23(17,5)15-8-9-20(26-7-2)18(24)11-15/h6,8-9,11-13H,1,7,10,14,24-25H2,2-5H3. The fourth-order valence-corrected chi connectivity index (χ4v) is 4.40. The molecule has 0 saturated heterocycles. The first-order valence-electron chi connectivity index (χ1n) is 9.44. The van der Waals surface area contributed by atoms with Crippen LogP contribution in [0.1, 0.15) is 50.8 Å². The molecule has 27 heavy (non-hydrogen) atoms. The number of anilines is 2. The van der Waals surface area contributed by atoms with Gasteiger partial charge in [-0.2, -0.15) is 0 Å². The summed E-state index contributed by atoms with van der Waals surface area (Å²) in [7, 11) is 0. The molecule has 0 aliphatic heterocycles. The highest BCUT2D eigenvalue weighted by Crippen LogP contribution is 2.55. The maximum atomic E-state index is 6.26. The molecule has 4 heteroatoms. The SMILES string of the molecule is C=CCOc1cc2c(cc1N)C(C)(C)CC2(C)c1ccc(OCC)c(N)c1. The van der Waals surface area contributed by atoms with Crippen LogP contribution >= 0.6 is 0 Å². The number of benzene rings is 2. The van der Waals surface area contributed by atoms with E-state index in [0.29, 0.717) is 30.3 Å². The first-order valence-corrected chi connectivity index (χ1v) is 9.44. The van der Waals surface area contributed by atoms with Crippen molar-refractivity contribution in [3.05, 3.63) is 59.7 Å². The minimum absolute atomic E-state index is 0.00250. The molecule has 0 aromatic heterocycles. The van der Waals surface area contributed by atoms with Gasteiger partial charge in [0.2, 0.25) is 0 Å². The van der Waals surface area contributed by atoms with Crippen LogP contribution in [0.15, 0.2) is 43.0 Å². The van der Waals surface area contributed by atoms with Crippen LogP contribution in [-0.4, -0.2) is 13.2 Å². The van der Waals surface area contributed by atoms with Crippen LogP contribution in [0, 0.1) is 0 Å². The Labute approximate surface area is 162 Å². The molecule has 0 fully saturated rings. The van der Waals surface area contributed by atoms with Crippen molar-refractivity contribution in [1.82, 2.24) is 0 Å². The minimum Gasteiger partial charge on any atom is -0.492 e. The van der Waals surface area contributed by atoms with E-state index in [9.17, 15) is 0 Å². The summed E-state index contributed by atoms with van der Waals surface area (Å²) >= 11 is 0. The maximum Gasteiger partial charge on any atom is 0.142 e. The molecule has 1 aliphatic carbocycles. The Kier molecular flexibility index (Phi) is 4.85. The van der Waals surface area contributed by atoms with Crippen molar-refractivity contribution < 1.29 is 9.47 Å². The van der Waals surface area contributed by atoms with Gasteiger partial charge in [0, 0.05) is 5.41 Å². The highest BCUT2D eigenvalue weighted by atomic mass is 16.5. The molecule has 2 aromatic carbocycles. The molecule has 1 aliphatic rings. The second-order valence-corrected chi connectivity index (χ2v) is 8.11. The van der Waals surface area contributed by atoms with Gasteiger partial charge in [-0.15, -0.1) is 0 Å². The average molecular weight is 367 g/mol. The molecule has 3 rings (SSSR count). The molecule has 1 unspecified atom stereocenters. The quantitative estimate of drug-likeness (QED) is 0.569. The molecule has 0 radical (unpaired) electrons. The molecule has 0 amide bonds. The Bertz CT molecular complexity index is 873. The Morgan fingerprint density at radius 1 is 1.00 bits per heavy atom. The second kappa shape index (κ2) is 6.84. The summed E-state index contributed by atoms with van der Waals surface area (Å²) in [4.78, 5) is 0. The van der Waals surface area contributed by atoms with E-state index < -0.39 is 0 Å². The molecule has 144 valence electrons. The van der Waals surface area contributed by atoms with Crippen molar-refractivity contribution in [3.63, 3.8) is 0 Å². The molecule has 0 heterocycles. The predicted molar refractivity (Wildman–Crippen MR) is 113 cm³/mol. The lowest BCUT2D eigenvalue weighted by atomic mass is 9.75. The molecule has 4 N–H and O–H groups in total. The monoisotopic (exact) mass is 366 g/mol. The highest BCUT2D eigenvalue weighted by molar-refractivity contribution is 5.65. The summed E-state index contributed by atoms with van der Waals surface area (Å²) in [5, 5.41) is 0. The van der Waals surface area contributed by atoms with E-state index in [1.54, 1.807) is 6.08 Å². The predicted octanol–water partition coefficient (Wildman–Crippen LogP) is 4.80. The van der Waals surface area contributed by atoms with E-state index >= 15 is 0 Å². The largest absolute Gasteiger partial charge is 0.492 e. The van der Waals surface area contributed by atoms with Gasteiger partial charge < -0.3 is 20.9 Å². The Morgan fingerprint density at radius 3 is 2.33 bits per heavy atom. The lowest BCUT2D eigenvalue weighted by Gasteiger charge is -2.29. The topological polar surface area (TPSA) is 70.5 Å². The van der Waals surface area contributed by atoms with E-state index in [2.05, 4.69) is 45.5 Å². The van der Waals surface area contributed by atoms with Gasteiger partial charge in [-0.05, 0) is 59.7 Å². The fraction of sp³-hybridized carbons (Fsp3) is 0.391. The third-order valence-electron chi connectivity index (χ3n) is 5.57. The fourth-order valence-electron chi connectivity index (χ4n) is 4.40.